The van der Waals surface area contributed by atoms with E-state index in [2.05, 4.69) is 29.4 Å². The van der Waals surface area contributed by atoms with Crippen molar-refractivity contribution in [2.75, 3.05) is 45.2 Å². The first-order chi connectivity index (χ1) is 15.4. The zero-order chi connectivity index (χ0) is 22.9. The molecule has 2 atom stereocenters. The Morgan fingerprint density at radius 1 is 1.06 bits per heavy atom. The second kappa shape index (κ2) is 11.5. The fraction of sp³-hybridized carbons (Fsp3) is 0.417. The highest BCUT2D eigenvalue weighted by atomic mass is 16.5. The molecular weight excluding hydrogens is 410 g/mol. The predicted molar refractivity (Wildman–Crippen MR) is 122 cm³/mol. The number of nitrogens with zero attached hydrogens (tertiary/aromatic N) is 1. The molecule has 0 radical (unpaired) electrons. The van der Waals surface area contributed by atoms with Gasteiger partial charge in [0.2, 0.25) is 0 Å². The van der Waals surface area contributed by atoms with Gasteiger partial charge in [0.15, 0.2) is 6.61 Å². The van der Waals surface area contributed by atoms with Gasteiger partial charge in [-0.2, -0.15) is 0 Å². The zero-order valence-corrected chi connectivity index (χ0v) is 18.8. The van der Waals surface area contributed by atoms with Crippen LogP contribution in [0.25, 0.3) is 0 Å². The topological polar surface area (TPSA) is 89.1 Å². The second-order valence-electron chi connectivity index (χ2n) is 7.87. The maximum absolute atomic E-state index is 12.4. The van der Waals surface area contributed by atoms with E-state index >= 15 is 0 Å². The van der Waals surface area contributed by atoms with Crippen LogP contribution in [0, 0.1) is 0 Å². The molecule has 0 saturated carbocycles. The molecule has 1 saturated heterocycles. The first-order valence-electron chi connectivity index (χ1n) is 10.8. The number of anilines is 1. The summed E-state index contributed by atoms with van der Waals surface area (Å²) in [7, 11) is 1.57. The van der Waals surface area contributed by atoms with Crippen molar-refractivity contribution in [3.8, 4) is 11.5 Å². The van der Waals surface area contributed by atoms with Gasteiger partial charge in [-0.3, -0.25) is 14.5 Å². The molecule has 8 heteroatoms. The first kappa shape index (κ1) is 23.6. The number of methoxy groups -OCH3 is 1. The molecule has 1 heterocycles. The second-order valence-corrected chi connectivity index (χ2v) is 7.87. The van der Waals surface area contributed by atoms with Crippen molar-refractivity contribution in [2.24, 2.45) is 0 Å². The summed E-state index contributed by atoms with van der Waals surface area (Å²) in [6, 6.07) is 13.8. The summed E-state index contributed by atoms with van der Waals surface area (Å²) in [4.78, 5) is 26.8. The van der Waals surface area contributed by atoms with E-state index in [1.165, 1.54) is 0 Å². The van der Waals surface area contributed by atoms with Gasteiger partial charge in [0.1, 0.15) is 11.5 Å². The lowest BCUT2D eigenvalue weighted by atomic mass is 10.2. The third-order valence-corrected chi connectivity index (χ3v) is 5.05. The highest BCUT2D eigenvalue weighted by molar-refractivity contribution is 5.94. The lowest BCUT2D eigenvalue weighted by Crippen LogP contribution is -2.47. The molecule has 32 heavy (non-hydrogen) atoms. The van der Waals surface area contributed by atoms with Crippen molar-refractivity contribution >= 4 is 17.5 Å². The van der Waals surface area contributed by atoms with Crippen LogP contribution in [0.15, 0.2) is 48.5 Å². The molecule has 2 aromatic carbocycles. The van der Waals surface area contributed by atoms with Crippen LogP contribution in [0.1, 0.15) is 24.2 Å². The summed E-state index contributed by atoms with van der Waals surface area (Å²) >= 11 is 0. The molecule has 0 bridgehead atoms. The standard InChI is InChI=1S/C24H31N3O5/c1-17-14-27(15-18(2)32-17)12-11-25-24(29)19-7-9-21(10-8-19)31-16-23(28)26-20-5-4-6-22(13-20)30-3/h4-10,13,17-18H,11-12,14-16H2,1-3H3,(H,25,29)(H,26,28)/t17-,18+. The van der Waals surface area contributed by atoms with Crippen LogP contribution >= 0.6 is 0 Å². The highest BCUT2D eigenvalue weighted by Gasteiger charge is 2.21. The minimum Gasteiger partial charge on any atom is -0.497 e. The highest BCUT2D eigenvalue weighted by Crippen LogP contribution is 2.17. The summed E-state index contributed by atoms with van der Waals surface area (Å²) in [6.07, 6.45) is 0.416. The molecule has 8 nitrogen and oxygen atoms in total. The van der Waals surface area contributed by atoms with E-state index in [1.807, 2.05) is 0 Å². The van der Waals surface area contributed by atoms with Crippen molar-refractivity contribution < 1.29 is 23.8 Å². The number of morpholine rings is 1. The Balaban J connectivity index is 1.40. The van der Waals surface area contributed by atoms with Gasteiger partial charge in [-0.25, -0.2) is 0 Å². The van der Waals surface area contributed by atoms with Crippen molar-refractivity contribution in [2.45, 2.75) is 26.1 Å². The molecule has 1 aliphatic rings. The summed E-state index contributed by atoms with van der Waals surface area (Å²) in [5.41, 5.74) is 1.17. The smallest absolute Gasteiger partial charge is 0.262 e. The monoisotopic (exact) mass is 441 g/mol. The van der Waals surface area contributed by atoms with Gasteiger partial charge in [-0.15, -0.1) is 0 Å². The van der Waals surface area contributed by atoms with E-state index in [0.29, 0.717) is 29.3 Å². The molecule has 0 spiro atoms. The van der Waals surface area contributed by atoms with E-state index < -0.39 is 0 Å². The van der Waals surface area contributed by atoms with Gasteiger partial charge in [0, 0.05) is 43.5 Å². The number of carbonyl (C=O) groups is 2. The molecular formula is C24H31N3O5. The quantitative estimate of drug-likeness (QED) is 0.622. The van der Waals surface area contributed by atoms with Crippen LogP contribution in [0.5, 0.6) is 11.5 Å². The first-order valence-corrected chi connectivity index (χ1v) is 10.8. The summed E-state index contributed by atoms with van der Waals surface area (Å²) in [5.74, 6) is 0.749. The lowest BCUT2D eigenvalue weighted by Gasteiger charge is -2.35. The molecule has 0 aromatic heterocycles. The zero-order valence-electron chi connectivity index (χ0n) is 18.8. The van der Waals surface area contributed by atoms with Gasteiger partial charge in [0.25, 0.3) is 11.8 Å². The predicted octanol–water partition coefficient (Wildman–Crippen LogP) is 2.55. The van der Waals surface area contributed by atoms with Gasteiger partial charge < -0.3 is 24.8 Å². The third kappa shape index (κ3) is 7.25. The van der Waals surface area contributed by atoms with Gasteiger partial charge in [-0.1, -0.05) is 6.07 Å². The van der Waals surface area contributed by atoms with Crippen LogP contribution in [0.2, 0.25) is 0 Å². The van der Waals surface area contributed by atoms with Gasteiger partial charge >= 0.3 is 0 Å². The molecule has 1 fully saturated rings. The Hall–Kier alpha value is -3.10. The van der Waals surface area contributed by atoms with Gasteiger partial charge in [0.05, 0.1) is 19.3 Å². The van der Waals surface area contributed by atoms with Crippen LogP contribution in [-0.2, 0) is 9.53 Å². The van der Waals surface area contributed by atoms with Crippen molar-refractivity contribution in [1.82, 2.24) is 10.2 Å². The van der Waals surface area contributed by atoms with E-state index in [4.69, 9.17) is 14.2 Å². The van der Waals surface area contributed by atoms with Crippen LogP contribution in [-0.4, -0.2) is 68.8 Å². The molecule has 0 unspecified atom stereocenters. The van der Waals surface area contributed by atoms with E-state index in [-0.39, 0.29) is 30.6 Å². The van der Waals surface area contributed by atoms with E-state index in [9.17, 15) is 9.59 Å². The number of hydrogen-bond acceptors (Lipinski definition) is 6. The van der Waals surface area contributed by atoms with Crippen LogP contribution in [0.3, 0.4) is 0 Å². The number of nitrogens with one attached hydrogen (secondary N) is 2. The van der Waals surface area contributed by atoms with Crippen molar-refractivity contribution in [3.63, 3.8) is 0 Å². The largest absolute Gasteiger partial charge is 0.497 e. The SMILES string of the molecule is COc1cccc(NC(=O)COc2ccc(C(=O)NCCN3C[C@@H](C)O[C@@H](C)C3)cc2)c1. The minimum atomic E-state index is -0.285. The molecule has 3 rings (SSSR count). The number of benzene rings is 2. The molecule has 2 amide bonds. The molecule has 172 valence electrons. The number of hydrogen-bond donors (Lipinski definition) is 2. The molecule has 1 aliphatic heterocycles. The van der Waals surface area contributed by atoms with Gasteiger partial charge in [-0.05, 0) is 50.2 Å². The number of rotatable bonds is 9. The van der Waals surface area contributed by atoms with E-state index in [1.54, 1.807) is 55.6 Å². The Bertz CT molecular complexity index is 893. The number of carbonyl (C=O) groups excluding carboxylic acids is 2. The Labute approximate surface area is 188 Å². The number of amides is 2. The fourth-order valence-corrected chi connectivity index (χ4v) is 3.65. The average molecular weight is 442 g/mol. The Morgan fingerprint density at radius 2 is 1.78 bits per heavy atom. The maximum Gasteiger partial charge on any atom is 0.262 e. The van der Waals surface area contributed by atoms with E-state index in [0.717, 1.165) is 19.6 Å². The lowest BCUT2D eigenvalue weighted by molar-refractivity contribution is -0.118. The van der Waals surface area contributed by atoms with Crippen LogP contribution in [0.4, 0.5) is 5.69 Å². The van der Waals surface area contributed by atoms with Crippen molar-refractivity contribution in [1.29, 1.82) is 0 Å². The van der Waals surface area contributed by atoms with Crippen molar-refractivity contribution in [3.05, 3.63) is 54.1 Å². The number of ether oxygens (including phenoxy) is 3. The fourth-order valence-electron chi connectivity index (χ4n) is 3.65. The third-order valence-electron chi connectivity index (χ3n) is 5.05. The average Bonchev–Trinajstić information content (AvgIpc) is 2.77. The molecule has 2 N–H and O–H groups in total. The maximum atomic E-state index is 12.4. The summed E-state index contributed by atoms with van der Waals surface area (Å²) in [5, 5.41) is 5.70. The molecule has 2 aromatic rings. The van der Waals surface area contributed by atoms with Crippen LogP contribution < -0.4 is 20.1 Å². The summed E-state index contributed by atoms with van der Waals surface area (Å²) in [6.45, 7) is 7.09. The minimum absolute atomic E-state index is 0.137. The Kier molecular flexibility index (Phi) is 8.47. The normalized spacial score (nSPS) is 18.6. The summed E-state index contributed by atoms with van der Waals surface area (Å²) < 4.78 is 16.4. The molecule has 0 aliphatic carbocycles. The Morgan fingerprint density at radius 3 is 2.47 bits per heavy atom.